The van der Waals surface area contributed by atoms with Gasteiger partial charge in [-0.1, -0.05) is 0 Å². The van der Waals surface area contributed by atoms with Gasteiger partial charge in [0.2, 0.25) is 0 Å². The molecule has 8 heteroatoms. The second kappa shape index (κ2) is 5.07. The molecular formula is C16H11BrF2N2O3. The Hall–Kier alpha value is -2.35. The number of aliphatic imine (C=N–C) groups is 1. The van der Waals surface area contributed by atoms with E-state index in [2.05, 4.69) is 20.9 Å². The van der Waals surface area contributed by atoms with Crippen molar-refractivity contribution in [3.63, 3.8) is 0 Å². The molecule has 1 atom stereocenters. The zero-order chi connectivity index (χ0) is 17.1. The number of hydrogen-bond donors (Lipinski definition) is 1. The molecule has 24 heavy (non-hydrogen) atoms. The van der Waals surface area contributed by atoms with Gasteiger partial charge in [0.1, 0.15) is 23.9 Å². The van der Waals surface area contributed by atoms with E-state index in [1.165, 1.54) is 25.3 Å². The van der Waals surface area contributed by atoms with Crippen molar-refractivity contribution in [2.75, 3.05) is 13.7 Å². The van der Waals surface area contributed by atoms with Gasteiger partial charge in [0.15, 0.2) is 17.1 Å². The van der Waals surface area contributed by atoms with E-state index in [9.17, 15) is 8.78 Å². The Bertz CT molecular complexity index is 903. The van der Waals surface area contributed by atoms with Gasteiger partial charge >= 0.3 is 0 Å². The van der Waals surface area contributed by atoms with Crippen LogP contribution in [-0.4, -0.2) is 19.7 Å². The maximum absolute atomic E-state index is 14.5. The van der Waals surface area contributed by atoms with Gasteiger partial charge in [0.05, 0.1) is 11.6 Å². The van der Waals surface area contributed by atoms with E-state index in [0.717, 1.165) is 0 Å². The average Bonchev–Trinajstić information content (AvgIpc) is 2.93. The number of hydrogen-bond acceptors (Lipinski definition) is 5. The van der Waals surface area contributed by atoms with E-state index < -0.39 is 17.2 Å². The summed E-state index contributed by atoms with van der Waals surface area (Å²) in [6.07, 6.45) is 0. The molecule has 2 aliphatic heterocycles. The molecule has 0 saturated heterocycles. The molecule has 0 saturated carbocycles. The van der Waals surface area contributed by atoms with Crippen LogP contribution in [0.25, 0.3) is 0 Å². The van der Waals surface area contributed by atoms with Gasteiger partial charge in [0, 0.05) is 23.3 Å². The van der Waals surface area contributed by atoms with Gasteiger partial charge < -0.3 is 19.9 Å². The lowest BCUT2D eigenvalue weighted by Gasteiger charge is -2.33. The molecule has 4 rings (SSSR count). The third kappa shape index (κ3) is 1.99. The maximum atomic E-state index is 14.5. The topological polar surface area (TPSA) is 66.1 Å². The molecule has 0 amide bonds. The SMILES string of the molecule is COc1cc(F)c2c(c1)C1(COC(N)=N1)c1cc(Br)c(F)cc1O2. The smallest absolute Gasteiger partial charge is 0.283 e. The average molecular weight is 397 g/mol. The number of nitrogens with zero attached hydrogens (tertiary/aromatic N) is 1. The summed E-state index contributed by atoms with van der Waals surface area (Å²) in [5.41, 5.74) is 5.51. The highest BCUT2D eigenvalue weighted by atomic mass is 79.9. The minimum Gasteiger partial charge on any atom is -0.497 e. The van der Waals surface area contributed by atoms with Crippen LogP contribution in [0.1, 0.15) is 11.1 Å². The summed E-state index contributed by atoms with van der Waals surface area (Å²) in [6.45, 7) is 0.0485. The fourth-order valence-electron chi connectivity index (χ4n) is 3.00. The molecule has 0 fully saturated rings. The molecule has 0 radical (unpaired) electrons. The Morgan fingerprint density at radius 3 is 2.67 bits per heavy atom. The van der Waals surface area contributed by atoms with Gasteiger partial charge in [-0.2, -0.15) is 0 Å². The minimum absolute atomic E-state index is 0.0301. The molecule has 1 spiro atoms. The molecule has 2 aromatic rings. The number of amidine groups is 1. The van der Waals surface area contributed by atoms with Crippen LogP contribution in [0.4, 0.5) is 8.78 Å². The molecule has 2 N–H and O–H groups in total. The standard InChI is InChI=1S/C16H11BrF2N2O3/c1-22-7-2-9-14(12(19)3-7)24-13-5-11(18)10(17)4-8(13)16(9)6-23-15(20)21-16/h2-5H,6H2,1H3,(H2,20,21). The van der Waals surface area contributed by atoms with Crippen LogP contribution < -0.4 is 15.2 Å². The largest absolute Gasteiger partial charge is 0.497 e. The van der Waals surface area contributed by atoms with Gasteiger partial charge in [-0.15, -0.1) is 0 Å². The molecule has 0 aromatic heterocycles. The van der Waals surface area contributed by atoms with Gasteiger partial charge in [-0.3, -0.25) is 0 Å². The van der Waals surface area contributed by atoms with E-state index in [0.29, 0.717) is 16.9 Å². The summed E-state index contributed by atoms with van der Waals surface area (Å²) < 4.78 is 44.7. The summed E-state index contributed by atoms with van der Waals surface area (Å²) >= 11 is 3.15. The van der Waals surface area contributed by atoms with Crippen molar-refractivity contribution in [2.24, 2.45) is 10.7 Å². The molecule has 124 valence electrons. The Morgan fingerprint density at radius 2 is 2.00 bits per heavy atom. The summed E-state index contributed by atoms with van der Waals surface area (Å²) in [7, 11) is 1.43. The Balaban J connectivity index is 2.06. The third-order valence-corrected chi connectivity index (χ3v) is 4.72. The fraction of sp³-hybridized carbons (Fsp3) is 0.188. The lowest BCUT2D eigenvalue weighted by molar-refractivity contribution is 0.260. The summed E-state index contributed by atoms with van der Waals surface area (Å²) in [6, 6.07) is 5.49. The Kier molecular flexibility index (Phi) is 3.21. The Morgan fingerprint density at radius 1 is 1.21 bits per heavy atom. The first-order valence-corrected chi connectivity index (χ1v) is 7.77. The zero-order valence-electron chi connectivity index (χ0n) is 12.4. The molecule has 0 bridgehead atoms. The van der Waals surface area contributed by atoms with Crippen LogP contribution in [0.2, 0.25) is 0 Å². The molecule has 1 unspecified atom stereocenters. The summed E-state index contributed by atoms with van der Waals surface area (Å²) in [4.78, 5) is 4.38. The minimum atomic E-state index is -1.13. The van der Waals surface area contributed by atoms with Crippen molar-refractivity contribution >= 4 is 22.0 Å². The normalized spacial score (nSPS) is 20.8. The lowest BCUT2D eigenvalue weighted by Crippen LogP contribution is -2.31. The van der Waals surface area contributed by atoms with Crippen LogP contribution in [0, 0.1) is 11.6 Å². The number of benzene rings is 2. The van der Waals surface area contributed by atoms with Crippen LogP contribution in [-0.2, 0) is 10.3 Å². The number of methoxy groups -OCH3 is 1. The van der Waals surface area contributed by atoms with E-state index in [1.807, 2.05) is 0 Å². The van der Waals surface area contributed by atoms with Crippen molar-refractivity contribution in [1.82, 2.24) is 0 Å². The first kappa shape index (κ1) is 15.2. The van der Waals surface area contributed by atoms with Crippen molar-refractivity contribution in [3.8, 4) is 17.2 Å². The second-order valence-electron chi connectivity index (χ2n) is 5.45. The predicted molar refractivity (Wildman–Crippen MR) is 85.5 cm³/mol. The molecule has 0 aliphatic carbocycles. The number of ether oxygens (including phenoxy) is 3. The van der Waals surface area contributed by atoms with Crippen molar-refractivity contribution in [2.45, 2.75) is 5.54 Å². The quantitative estimate of drug-likeness (QED) is 0.801. The van der Waals surface area contributed by atoms with Crippen LogP contribution in [0.3, 0.4) is 0 Å². The number of rotatable bonds is 1. The van der Waals surface area contributed by atoms with E-state index >= 15 is 0 Å². The first-order chi connectivity index (χ1) is 11.4. The monoisotopic (exact) mass is 396 g/mol. The number of halogens is 3. The molecule has 2 aliphatic rings. The van der Waals surface area contributed by atoms with Crippen molar-refractivity contribution in [1.29, 1.82) is 0 Å². The summed E-state index contributed by atoms with van der Waals surface area (Å²) in [5, 5.41) is 0. The van der Waals surface area contributed by atoms with Gasteiger partial charge in [-0.05, 0) is 28.1 Å². The number of nitrogens with two attached hydrogens (primary N) is 1. The third-order valence-electron chi connectivity index (χ3n) is 4.11. The second-order valence-corrected chi connectivity index (χ2v) is 6.30. The van der Waals surface area contributed by atoms with E-state index in [4.69, 9.17) is 19.9 Å². The van der Waals surface area contributed by atoms with Crippen LogP contribution >= 0.6 is 15.9 Å². The van der Waals surface area contributed by atoms with Crippen LogP contribution in [0.15, 0.2) is 33.7 Å². The van der Waals surface area contributed by atoms with Crippen LogP contribution in [0.5, 0.6) is 17.2 Å². The zero-order valence-corrected chi connectivity index (χ0v) is 14.0. The molecule has 2 heterocycles. The molecule has 5 nitrogen and oxygen atoms in total. The van der Waals surface area contributed by atoms with E-state index in [1.54, 1.807) is 6.07 Å². The molecular weight excluding hydrogens is 386 g/mol. The highest BCUT2D eigenvalue weighted by Gasteiger charge is 2.48. The highest BCUT2D eigenvalue weighted by Crippen LogP contribution is 2.53. The lowest BCUT2D eigenvalue weighted by atomic mass is 9.81. The maximum Gasteiger partial charge on any atom is 0.283 e. The van der Waals surface area contributed by atoms with Gasteiger partial charge in [0.25, 0.3) is 6.02 Å². The predicted octanol–water partition coefficient (Wildman–Crippen LogP) is 3.43. The van der Waals surface area contributed by atoms with Crippen molar-refractivity contribution < 1.29 is 23.0 Å². The Labute approximate surface area is 144 Å². The number of fused-ring (bicyclic) bond motifs is 4. The summed E-state index contributed by atoms with van der Waals surface area (Å²) in [5.74, 6) is -0.753. The van der Waals surface area contributed by atoms with E-state index in [-0.39, 0.29) is 28.6 Å². The molecule has 2 aromatic carbocycles. The first-order valence-electron chi connectivity index (χ1n) is 6.98. The van der Waals surface area contributed by atoms with Gasteiger partial charge in [-0.25, -0.2) is 13.8 Å². The fourth-order valence-corrected chi connectivity index (χ4v) is 3.34. The highest BCUT2D eigenvalue weighted by molar-refractivity contribution is 9.10. The van der Waals surface area contributed by atoms with Crippen molar-refractivity contribution in [3.05, 3.63) is 51.5 Å².